The summed E-state index contributed by atoms with van der Waals surface area (Å²) < 4.78 is 113. The highest BCUT2D eigenvalue weighted by Gasteiger charge is 2.33. The van der Waals surface area contributed by atoms with E-state index in [0.29, 0.717) is 16.7 Å². The van der Waals surface area contributed by atoms with Crippen molar-refractivity contribution in [1.82, 2.24) is 15.6 Å². The average molecular weight is 736 g/mol. The molecule has 0 saturated heterocycles. The summed E-state index contributed by atoms with van der Waals surface area (Å²) in [7, 11) is -4.02. The Morgan fingerprint density at radius 3 is 2.47 bits per heavy atom. The van der Waals surface area contributed by atoms with E-state index in [9.17, 15) is 35.9 Å². The SMILES string of the molecule is CC(C)C(NC[C@@H](O)[C@H](Cc1ccc(Oc2nc(F)c(F)c(F)c2F)cc1)NC(=O)Oc1coc2occc12)S(=O)(=O)c1ccc2c(c1)OCO2. The summed E-state index contributed by atoms with van der Waals surface area (Å²) in [5.74, 6) is -8.80. The number of hydrogen-bond acceptors (Lipinski definition) is 12. The van der Waals surface area contributed by atoms with Crippen LogP contribution in [0, 0.1) is 29.3 Å². The molecule has 1 aliphatic rings. The van der Waals surface area contributed by atoms with Gasteiger partial charge < -0.3 is 38.2 Å². The van der Waals surface area contributed by atoms with Gasteiger partial charge in [-0.2, -0.15) is 18.2 Å². The minimum Gasteiger partial charge on any atom is -0.454 e. The molecule has 4 heterocycles. The van der Waals surface area contributed by atoms with Gasteiger partial charge in [0.05, 0.1) is 23.3 Å². The molecule has 2 aromatic carbocycles. The Morgan fingerprint density at radius 1 is 0.980 bits per heavy atom. The maximum Gasteiger partial charge on any atom is 0.413 e. The van der Waals surface area contributed by atoms with Crippen LogP contribution in [-0.4, -0.2) is 55.5 Å². The van der Waals surface area contributed by atoms with Crippen molar-refractivity contribution in [2.24, 2.45) is 5.92 Å². The van der Waals surface area contributed by atoms with Gasteiger partial charge in [-0.05, 0) is 48.2 Å². The number of rotatable bonds is 13. The summed E-state index contributed by atoms with van der Waals surface area (Å²) in [6.07, 6.45) is 0.0188. The molecule has 1 amide bonds. The fourth-order valence-corrected chi connectivity index (χ4v) is 7.12. The summed E-state index contributed by atoms with van der Waals surface area (Å²) in [6, 6.07) is 10.1. The maximum atomic E-state index is 14.1. The van der Waals surface area contributed by atoms with Gasteiger partial charge in [-0.1, -0.05) is 26.0 Å². The van der Waals surface area contributed by atoms with Crippen LogP contribution in [0.4, 0.5) is 22.4 Å². The van der Waals surface area contributed by atoms with E-state index in [1.165, 1.54) is 54.8 Å². The molecule has 3 atom stereocenters. The van der Waals surface area contributed by atoms with Gasteiger partial charge in [-0.15, -0.1) is 0 Å². The van der Waals surface area contributed by atoms with Crippen molar-refractivity contribution in [2.75, 3.05) is 13.3 Å². The Morgan fingerprint density at radius 2 is 1.73 bits per heavy atom. The number of halogens is 4. The summed E-state index contributed by atoms with van der Waals surface area (Å²) in [5, 5.41) is 16.0. The van der Waals surface area contributed by atoms with E-state index >= 15 is 0 Å². The summed E-state index contributed by atoms with van der Waals surface area (Å²) in [5.41, 5.74) is 0.463. The maximum absolute atomic E-state index is 14.1. The molecule has 270 valence electrons. The lowest BCUT2D eigenvalue weighted by Crippen LogP contribution is -2.52. The smallest absolute Gasteiger partial charge is 0.413 e. The fourth-order valence-electron chi connectivity index (χ4n) is 5.26. The minimum atomic E-state index is -4.02. The molecule has 1 unspecified atom stereocenters. The molecule has 0 spiro atoms. The highest BCUT2D eigenvalue weighted by Crippen LogP contribution is 2.35. The fraction of sp³-hybridized carbons (Fsp3) is 0.273. The zero-order valence-corrected chi connectivity index (χ0v) is 27.5. The predicted octanol–water partition coefficient (Wildman–Crippen LogP) is 5.60. The third-order valence-corrected chi connectivity index (χ3v) is 10.1. The number of nitrogens with one attached hydrogen (secondary N) is 2. The third kappa shape index (κ3) is 7.57. The number of furan rings is 2. The Kier molecular flexibility index (Phi) is 10.1. The predicted molar refractivity (Wildman–Crippen MR) is 168 cm³/mol. The average Bonchev–Trinajstić information content (AvgIpc) is 3.85. The van der Waals surface area contributed by atoms with Gasteiger partial charge in [0, 0.05) is 12.6 Å². The number of pyridine rings is 1. The van der Waals surface area contributed by atoms with Crippen LogP contribution in [0.25, 0.3) is 11.2 Å². The van der Waals surface area contributed by atoms with Gasteiger partial charge in [0.1, 0.15) is 22.8 Å². The number of nitrogens with zero attached hydrogens (tertiary/aromatic N) is 1. The zero-order valence-electron chi connectivity index (χ0n) is 26.7. The van der Waals surface area contributed by atoms with Crippen LogP contribution in [0.2, 0.25) is 0 Å². The first kappa shape index (κ1) is 35.5. The van der Waals surface area contributed by atoms with E-state index < -0.39 is 68.6 Å². The molecular formula is C33H29F4N3O10S. The number of benzene rings is 2. The highest BCUT2D eigenvalue weighted by molar-refractivity contribution is 7.92. The molecule has 1 aliphatic heterocycles. The third-order valence-electron chi connectivity index (χ3n) is 7.83. The molecule has 0 bridgehead atoms. The molecule has 51 heavy (non-hydrogen) atoms. The molecule has 6 rings (SSSR count). The topological polar surface area (TPSA) is 172 Å². The van der Waals surface area contributed by atoms with Crippen LogP contribution in [0.15, 0.2) is 74.8 Å². The number of fused-ring (bicyclic) bond motifs is 2. The first-order valence-corrected chi connectivity index (χ1v) is 16.8. The second kappa shape index (κ2) is 14.5. The van der Waals surface area contributed by atoms with Gasteiger partial charge >= 0.3 is 11.9 Å². The van der Waals surface area contributed by atoms with Crippen molar-refractivity contribution in [2.45, 2.75) is 42.7 Å². The largest absolute Gasteiger partial charge is 0.454 e. The standard InChI is InChI=1S/C33H29F4N3O10S/c1-16(2)31(51(43,44)19-7-8-23-24(12-19)48-15-47-23)38-13-22(41)21(39-33(42)50-25-14-46-32-20(25)9-10-45-32)11-17-3-5-18(6-4-17)49-30-28(36)26(34)27(35)29(37)40-30/h3-10,12,14,16,21-22,31,38,41H,11,13,15H2,1-2H3,(H,39,42)/t21-,22+,31?/m0/s1. The molecule has 0 saturated carbocycles. The van der Waals surface area contributed by atoms with Crippen molar-refractivity contribution in [3.8, 4) is 28.9 Å². The van der Waals surface area contributed by atoms with Crippen LogP contribution >= 0.6 is 0 Å². The Labute approximate surface area is 287 Å². The van der Waals surface area contributed by atoms with Crippen molar-refractivity contribution in [3.05, 3.63) is 90.0 Å². The molecule has 0 fully saturated rings. The first-order chi connectivity index (χ1) is 24.3. The number of amides is 1. The molecule has 0 radical (unpaired) electrons. The van der Waals surface area contributed by atoms with Gasteiger partial charge in [0.2, 0.25) is 24.2 Å². The molecule has 5 aromatic rings. The second-order valence-electron chi connectivity index (χ2n) is 11.7. The monoisotopic (exact) mass is 735 g/mol. The Hall–Kier alpha value is -5.33. The number of aliphatic hydroxyl groups is 1. The van der Waals surface area contributed by atoms with E-state index in [0.717, 1.165) is 6.26 Å². The molecule has 3 N–H and O–H groups in total. The molecule has 3 aromatic heterocycles. The molecule has 18 heteroatoms. The lowest BCUT2D eigenvalue weighted by atomic mass is 10.0. The van der Waals surface area contributed by atoms with Gasteiger partial charge in [0.25, 0.3) is 11.8 Å². The van der Waals surface area contributed by atoms with E-state index in [2.05, 4.69) is 15.6 Å². The lowest BCUT2D eigenvalue weighted by molar-refractivity contribution is 0.117. The second-order valence-corrected chi connectivity index (χ2v) is 13.7. The van der Waals surface area contributed by atoms with Crippen LogP contribution in [-0.2, 0) is 16.3 Å². The number of sulfone groups is 1. The minimum absolute atomic E-state index is 0.0279. The number of carbonyl (C=O) groups is 1. The number of ether oxygens (including phenoxy) is 4. The van der Waals surface area contributed by atoms with Crippen LogP contribution < -0.4 is 29.6 Å². The Bertz CT molecular complexity index is 2160. The van der Waals surface area contributed by atoms with E-state index in [-0.39, 0.29) is 47.7 Å². The van der Waals surface area contributed by atoms with E-state index in [4.69, 9.17) is 27.8 Å². The first-order valence-electron chi connectivity index (χ1n) is 15.3. The molecule has 0 aliphatic carbocycles. The number of hydrogen-bond donors (Lipinski definition) is 3. The number of aliphatic hydroxyl groups excluding tert-OH is 1. The number of carbonyl (C=O) groups excluding carboxylic acids is 1. The van der Waals surface area contributed by atoms with E-state index in [1.54, 1.807) is 13.8 Å². The van der Waals surface area contributed by atoms with Crippen molar-refractivity contribution < 1.29 is 63.7 Å². The quantitative estimate of drug-likeness (QED) is 0.101. The van der Waals surface area contributed by atoms with E-state index in [1.807, 2.05) is 0 Å². The van der Waals surface area contributed by atoms with Crippen molar-refractivity contribution in [3.63, 3.8) is 0 Å². The van der Waals surface area contributed by atoms with Gasteiger partial charge in [-0.25, -0.2) is 17.6 Å². The highest BCUT2D eigenvalue weighted by atomic mass is 32.2. The molecular weight excluding hydrogens is 706 g/mol. The Balaban J connectivity index is 1.19. The van der Waals surface area contributed by atoms with Crippen molar-refractivity contribution >= 4 is 27.1 Å². The number of aromatic nitrogens is 1. The van der Waals surface area contributed by atoms with Gasteiger partial charge in [0.15, 0.2) is 27.1 Å². The summed E-state index contributed by atoms with van der Waals surface area (Å²) in [6.45, 7) is 3.01. The lowest BCUT2D eigenvalue weighted by Gasteiger charge is -2.28. The zero-order chi connectivity index (χ0) is 36.4. The summed E-state index contributed by atoms with van der Waals surface area (Å²) in [4.78, 5) is 16.0. The van der Waals surface area contributed by atoms with Crippen LogP contribution in [0.3, 0.4) is 0 Å². The molecule has 13 nitrogen and oxygen atoms in total. The summed E-state index contributed by atoms with van der Waals surface area (Å²) >= 11 is 0. The normalized spacial score (nSPS) is 14.4. The van der Waals surface area contributed by atoms with Crippen LogP contribution in [0.5, 0.6) is 28.9 Å². The van der Waals surface area contributed by atoms with Gasteiger partial charge in [-0.3, -0.25) is 5.32 Å². The van der Waals surface area contributed by atoms with Crippen molar-refractivity contribution in [1.29, 1.82) is 0 Å². The van der Waals surface area contributed by atoms with Crippen LogP contribution in [0.1, 0.15) is 19.4 Å².